The Morgan fingerprint density at radius 2 is 1.83 bits per heavy atom. The Morgan fingerprint density at radius 1 is 1.04 bits per heavy atom. The summed E-state index contributed by atoms with van der Waals surface area (Å²) in [5.41, 5.74) is 3.54. The summed E-state index contributed by atoms with van der Waals surface area (Å²) >= 11 is 0. The predicted molar refractivity (Wildman–Crippen MR) is 93.1 cm³/mol. The van der Waals surface area contributed by atoms with Gasteiger partial charge in [-0.1, -0.05) is 40.6 Å². The largest absolute Gasteiger partial charge is 0.421 e. The van der Waals surface area contributed by atoms with E-state index < -0.39 is 11.2 Å². The molecule has 6 heteroatoms. The molecule has 2 aromatic carbocycles. The first-order chi connectivity index (χ1) is 11.4. The number of H-pyrrole nitrogens is 1. The van der Waals surface area contributed by atoms with E-state index in [0.717, 1.165) is 22.9 Å². The van der Waals surface area contributed by atoms with Crippen LogP contribution in [0.1, 0.15) is 11.1 Å². The highest BCUT2D eigenvalue weighted by atomic mass is 16.5. The first-order valence-corrected chi connectivity index (χ1v) is 7.44. The van der Waals surface area contributed by atoms with E-state index in [1.165, 1.54) is 11.1 Å². The van der Waals surface area contributed by atoms with Crippen LogP contribution in [0.3, 0.4) is 0 Å². The lowest BCUT2D eigenvalue weighted by molar-refractivity contribution is 0.160. The fourth-order valence-corrected chi connectivity index (χ4v) is 2.61. The van der Waals surface area contributed by atoms with E-state index in [1.54, 1.807) is 0 Å². The van der Waals surface area contributed by atoms with Crippen LogP contribution in [0.4, 0.5) is 11.5 Å². The van der Waals surface area contributed by atoms with Gasteiger partial charge in [0.25, 0.3) is 5.56 Å². The van der Waals surface area contributed by atoms with Crippen molar-refractivity contribution in [1.29, 1.82) is 0 Å². The zero-order valence-corrected chi connectivity index (χ0v) is 13.3. The van der Waals surface area contributed by atoms with Crippen molar-refractivity contribution < 1.29 is 5.21 Å². The predicted octanol–water partition coefficient (Wildman–Crippen LogP) is 2.80. The summed E-state index contributed by atoms with van der Waals surface area (Å²) in [6, 6.07) is 15.0. The van der Waals surface area contributed by atoms with Gasteiger partial charge in [-0.05, 0) is 42.7 Å². The lowest BCUT2D eigenvalue weighted by Crippen LogP contribution is -2.33. The van der Waals surface area contributed by atoms with E-state index in [0.29, 0.717) is 0 Å². The second-order valence-electron chi connectivity index (χ2n) is 5.66. The van der Waals surface area contributed by atoms with Crippen molar-refractivity contribution in [3.63, 3.8) is 0 Å². The summed E-state index contributed by atoms with van der Waals surface area (Å²) in [4.78, 5) is 25.3. The molecule has 1 heterocycles. The Balaban J connectivity index is 1.97. The first-order valence-electron chi connectivity index (χ1n) is 7.44. The van der Waals surface area contributed by atoms with Gasteiger partial charge in [-0.3, -0.25) is 9.78 Å². The molecule has 3 rings (SSSR count). The first kappa shape index (κ1) is 15.6. The van der Waals surface area contributed by atoms with Crippen molar-refractivity contribution in [3.8, 4) is 11.1 Å². The monoisotopic (exact) mass is 323 g/mol. The molecule has 0 saturated carbocycles. The molecular weight excluding hydrogens is 306 g/mol. The highest BCUT2D eigenvalue weighted by Crippen LogP contribution is 2.27. The third-order valence-electron chi connectivity index (χ3n) is 3.75. The maximum atomic E-state index is 11.5. The Bertz CT molecular complexity index is 987. The van der Waals surface area contributed by atoms with Gasteiger partial charge in [0.1, 0.15) is 5.82 Å². The van der Waals surface area contributed by atoms with E-state index in [2.05, 4.69) is 42.3 Å². The molecule has 122 valence electrons. The summed E-state index contributed by atoms with van der Waals surface area (Å²) in [5, 5.41) is 12.1. The van der Waals surface area contributed by atoms with Gasteiger partial charge in [0.05, 0.1) is 0 Å². The highest BCUT2D eigenvalue weighted by molar-refractivity contribution is 5.72. The minimum atomic E-state index is -0.893. The minimum absolute atomic E-state index is 0.0251. The molecule has 0 aliphatic carbocycles. The SMILES string of the molecule is Cc1ccc(-c2cccc(Nc3cc(=O)n(O)c(=O)[nH]3)c2)c(C)c1. The third kappa shape index (κ3) is 3.08. The van der Waals surface area contributed by atoms with Crippen molar-refractivity contribution in [1.82, 2.24) is 9.71 Å². The summed E-state index contributed by atoms with van der Waals surface area (Å²) < 4.78 is 0.0251. The number of aryl methyl sites for hydroxylation is 2. The zero-order chi connectivity index (χ0) is 17.3. The zero-order valence-electron chi connectivity index (χ0n) is 13.3. The molecule has 0 unspecified atom stereocenters. The van der Waals surface area contributed by atoms with Gasteiger partial charge in [0, 0.05) is 11.8 Å². The number of rotatable bonds is 3. The van der Waals surface area contributed by atoms with E-state index in [-0.39, 0.29) is 10.5 Å². The van der Waals surface area contributed by atoms with Crippen LogP contribution >= 0.6 is 0 Å². The van der Waals surface area contributed by atoms with Crippen LogP contribution < -0.4 is 16.6 Å². The molecule has 1 aromatic heterocycles. The van der Waals surface area contributed by atoms with Crippen LogP contribution in [0, 0.1) is 13.8 Å². The van der Waals surface area contributed by atoms with Crippen LogP contribution in [-0.2, 0) is 0 Å². The van der Waals surface area contributed by atoms with Crippen LogP contribution in [0.2, 0.25) is 0 Å². The van der Waals surface area contributed by atoms with Gasteiger partial charge < -0.3 is 10.5 Å². The van der Waals surface area contributed by atoms with E-state index >= 15 is 0 Å². The number of nitrogens with one attached hydrogen (secondary N) is 2. The maximum Gasteiger partial charge on any atom is 0.363 e. The van der Waals surface area contributed by atoms with Crippen molar-refractivity contribution in [2.45, 2.75) is 13.8 Å². The van der Waals surface area contributed by atoms with E-state index in [9.17, 15) is 14.8 Å². The van der Waals surface area contributed by atoms with Gasteiger partial charge >= 0.3 is 5.69 Å². The Labute approximate surface area is 138 Å². The normalized spacial score (nSPS) is 10.6. The molecule has 0 radical (unpaired) electrons. The number of aromatic amines is 1. The van der Waals surface area contributed by atoms with Crippen molar-refractivity contribution >= 4 is 11.5 Å². The second-order valence-corrected chi connectivity index (χ2v) is 5.66. The molecule has 0 amide bonds. The fourth-order valence-electron chi connectivity index (χ4n) is 2.61. The highest BCUT2D eigenvalue weighted by Gasteiger charge is 2.06. The Hall–Kier alpha value is -3.28. The summed E-state index contributed by atoms with van der Waals surface area (Å²) in [6.07, 6.45) is 0. The molecule has 0 fully saturated rings. The molecule has 0 spiro atoms. The van der Waals surface area contributed by atoms with Gasteiger partial charge in [0.2, 0.25) is 0 Å². The minimum Gasteiger partial charge on any atom is -0.421 e. The van der Waals surface area contributed by atoms with Gasteiger partial charge in [-0.15, -0.1) is 0 Å². The number of hydrogen-bond acceptors (Lipinski definition) is 4. The molecule has 0 saturated heterocycles. The molecule has 0 bridgehead atoms. The van der Waals surface area contributed by atoms with Crippen LogP contribution in [0.15, 0.2) is 58.1 Å². The molecule has 3 N–H and O–H groups in total. The standard InChI is InChI=1S/C18H17N3O3/c1-11-6-7-15(12(2)8-11)13-4-3-5-14(9-13)19-16-10-17(22)21(24)18(23)20-16/h3-10,19,24H,1-2H3,(H,20,23). The lowest BCUT2D eigenvalue weighted by Gasteiger charge is -2.11. The molecule has 0 aliphatic rings. The third-order valence-corrected chi connectivity index (χ3v) is 3.75. The quantitative estimate of drug-likeness (QED) is 0.647. The Kier molecular flexibility index (Phi) is 3.95. The van der Waals surface area contributed by atoms with Crippen molar-refractivity contribution in [2.24, 2.45) is 0 Å². The molecule has 3 aromatic rings. The molecule has 6 nitrogen and oxygen atoms in total. The smallest absolute Gasteiger partial charge is 0.363 e. The number of hydrogen-bond donors (Lipinski definition) is 3. The molecule has 0 atom stereocenters. The van der Waals surface area contributed by atoms with E-state index in [4.69, 9.17) is 0 Å². The number of nitrogens with zero attached hydrogens (tertiary/aromatic N) is 1. The second kappa shape index (κ2) is 6.08. The van der Waals surface area contributed by atoms with Crippen molar-refractivity contribution in [2.75, 3.05) is 5.32 Å². The van der Waals surface area contributed by atoms with Crippen LogP contribution in [0.5, 0.6) is 0 Å². The molecule has 24 heavy (non-hydrogen) atoms. The summed E-state index contributed by atoms with van der Waals surface area (Å²) in [7, 11) is 0. The lowest BCUT2D eigenvalue weighted by atomic mass is 9.98. The maximum absolute atomic E-state index is 11.5. The van der Waals surface area contributed by atoms with E-state index in [1.807, 2.05) is 24.3 Å². The average Bonchev–Trinajstić information content (AvgIpc) is 2.53. The number of anilines is 2. The van der Waals surface area contributed by atoms with Gasteiger partial charge in [-0.25, -0.2) is 4.79 Å². The Morgan fingerprint density at radius 3 is 2.54 bits per heavy atom. The van der Waals surface area contributed by atoms with Crippen LogP contribution in [-0.4, -0.2) is 14.9 Å². The molecular formula is C18H17N3O3. The van der Waals surface area contributed by atoms with Gasteiger partial charge in [-0.2, -0.15) is 0 Å². The van der Waals surface area contributed by atoms with Crippen LogP contribution in [0.25, 0.3) is 11.1 Å². The topological polar surface area (TPSA) is 87.1 Å². The summed E-state index contributed by atoms with van der Waals surface area (Å²) in [6.45, 7) is 4.11. The van der Waals surface area contributed by atoms with Gasteiger partial charge in [0.15, 0.2) is 0 Å². The summed E-state index contributed by atoms with van der Waals surface area (Å²) in [5.74, 6) is 0.216. The average molecular weight is 323 g/mol. The molecule has 0 aliphatic heterocycles. The van der Waals surface area contributed by atoms with Crippen molar-refractivity contribution in [3.05, 3.63) is 80.5 Å². The number of aromatic nitrogens is 2. The number of benzene rings is 2. The fraction of sp³-hybridized carbons (Fsp3) is 0.111.